The first-order valence-corrected chi connectivity index (χ1v) is 8.67. The molecule has 1 amide bonds. The van der Waals surface area contributed by atoms with Crippen molar-refractivity contribution in [1.29, 1.82) is 0 Å². The highest BCUT2D eigenvalue weighted by atomic mass is 32.2. The molecule has 0 bridgehead atoms. The topological polar surface area (TPSA) is 47.6 Å². The third-order valence-electron chi connectivity index (χ3n) is 3.69. The molecule has 0 spiro atoms. The van der Waals surface area contributed by atoms with Crippen LogP contribution in [-0.2, 0) is 4.79 Å². The van der Waals surface area contributed by atoms with Gasteiger partial charge >= 0.3 is 0 Å². The lowest BCUT2D eigenvalue weighted by Crippen LogP contribution is -2.33. The molecule has 0 aliphatic rings. The summed E-state index contributed by atoms with van der Waals surface area (Å²) < 4.78 is 10.6. The zero-order chi connectivity index (χ0) is 17.5. The van der Waals surface area contributed by atoms with Gasteiger partial charge in [-0.2, -0.15) is 0 Å². The number of methoxy groups -OCH3 is 2. The molecule has 2 aromatic rings. The number of hydrogen-bond acceptors (Lipinski definition) is 4. The lowest BCUT2D eigenvalue weighted by molar-refractivity contribution is -0.120. The second-order valence-corrected chi connectivity index (χ2v) is 6.83. The fraction of sp³-hybridized carbons (Fsp3) is 0.316. The van der Waals surface area contributed by atoms with Crippen LogP contribution >= 0.6 is 11.8 Å². The number of rotatable bonds is 7. The van der Waals surface area contributed by atoms with Gasteiger partial charge in [0.15, 0.2) is 11.5 Å². The lowest BCUT2D eigenvalue weighted by atomic mass is 10.1. The van der Waals surface area contributed by atoms with Crippen LogP contribution in [0.25, 0.3) is 0 Å². The van der Waals surface area contributed by atoms with Gasteiger partial charge in [-0.15, -0.1) is 11.8 Å². The average Bonchev–Trinajstić information content (AvgIpc) is 2.61. The fourth-order valence-electron chi connectivity index (χ4n) is 2.29. The molecule has 5 heteroatoms. The molecule has 0 radical (unpaired) electrons. The maximum Gasteiger partial charge on any atom is 0.233 e. The second-order valence-electron chi connectivity index (χ2n) is 5.42. The minimum atomic E-state index is -0.171. The summed E-state index contributed by atoms with van der Waals surface area (Å²) in [4.78, 5) is 13.5. The van der Waals surface area contributed by atoms with Crippen LogP contribution in [0.15, 0.2) is 53.4 Å². The van der Waals surface area contributed by atoms with Crippen molar-refractivity contribution >= 4 is 17.7 Å². The molecule has 2 rings (SSSR count). The Balaban J connectivity index is 2.00. The molecule has 1 N–H and O–H groups in total. The molecule has 0 fully saturated rings. The van der Waals surface area contributed by atoms with Crippen LogP contribution in [0.5, 0.6) is 11.5 Å². The lowest BCUT2D eigenvalue weighted by Gasteiger charge is -2.19. The summed E-state index contributed by atoms with van der Waals surface area (Å²) >= 11 is 1.55. The molecule has 0 heterocycles. The third kappa shape index (κ3) is 4.68. The first kappa shape index (κ1) is 18.2. The van der Waals surface area contributed by atoms with Crippen molar-refractivity contribution < 1.29 is 14.3 Å². The maximum atomic E-state index is 12.4. The van der Waals surface area contributed by atoms with Crippen LogP contribution in [0, 0.1) is 0 Å². The quantitative estimate of drug-likeness (QED) is 0.769. The molecule has 0 saturated carbocycles. The molecule has 0 aliphatic heterocycles. The highest BCUT2D eigenvalue weighted by Gasteiger charge is 2.18. The van der Waals surface area contributed by atoms with E-state index in [1.807, 2.05) is 62.4 Å². The van der Waals surface area contributed by atoms with Gasteiger partial charge in [-0.25, -0.2) is 0 Å². The van der Waals surface area contributed by atoms with E-state index in [1.165, 1.54) is 0 Å². The molecular formula is C19H23NO3S. The largest absolute Gasteiger partial charge is 0.493 e. The summed E-state index contributed by atoms with van der Waals surface area (Å²) in [6.07, 6.45) is 0. The van der Waals surface area contributed by atoms with Crippen molar-refractivity contribution in [2.75, 3.05) is 14.2 Å². The molecule has 128 valence electrons. The zero-order valence-corrected chi connectivity index (χ0v) is 15.2. The molecule has 0 aliphatic carbocycles. The van der Waals surface area contributed by atoms with Crippen molar-refractivity contribution in [1.82, 2.24) is 5.32 Å². The number of amides is 1. The zero-order valence-electron chi connectivity index (χ0n) is 14.4. The van der Waals surface area contributed by atoms with E-state index in [-0.39, 0.29) is 17.2 Å². The van der Waals surface area contributed by atoms with Gasteiger partial charge in [-0.05, 0) is 43.7 Å². The Kier molecular flexibility index (Phi) is 6.55. The number of hydrogen-bond donors (Lipinski definition) is 1. The van der Waals surface area contributed by atoms with Gasteiger partial charge in [0.25, 0.3) is 0 Å². The van der Waals surface area contributed by atoms with E-state index in [2.05, 4.69) is 5.32 Å². The monoisotopic (exact) mass is 345 g/mol. The van der Waals surface area contributed by atoms with E-state index in [0.29, 0.717) is 11.5 Å². The Morgan fingerprint density at radius 3 is 2.29 bits per heavy atom. The van der Waals surface area contributed by atoms with Gasteiger partial charge in [0.1, 0.15) is 0 Å². The van der Waals surface area contributed by atoms with E-state index in [4.69, 9.17) is 9.47 Å². The number of nitrogens with one attached hydrogen (secondary N) is 1. The first-order chi connectivity index (χ1) is 11.5. The maximum absolute atomic E-state index is 12.4. The minimum absolute atomic E-state index is 0.00568. The number of carbonyl (C=O) groups is 1. The summed E-state index contributed by atoms with van der Waals surface area (Å²) in [5, 5.41) is 2.88. The Hall–Kier alpha value is -2.14. The first-order valence-electron chi connectivity index (χ1n) is 7.79. The molecule has 24 heavy (non-hydrogen) atoms. The third-order valence-corrected chi connectivity index (χ3v) is 4.80. The van der Waals surface area contributed by atoms with Crippen LogP contribution < -0.4 is 14.8 Å². The number of benzene rings is 2. The summed E-state index contributed by atoms with van der Waals surface area (Å²) in [5.74, 6) is 1.33. The van der Waals surface area contributed by atoms with Gasteiger partial charge in [0.2, 0.25) is 5.91 Å². The second kappa shape index (κ2) is 8.64. The normalized spacial score (nSPS) is 13.0. The summed E-state index contributed by atoms with van der Waals surface area (Å²) in [6.45, 7) is 3.87. The molecule has 0 saturated heterocycles. The van der Waals surface area contributed by atoms with E-state index < -0.39 is 0 Å². The van der Waals surface area contributed by atoms with Gasteiger partial charge in [-0.1, -0.05) is 24.3 Å². The number of carbonyl (C=O) groups excluding carboxylic acids is 1. The average molecular weight is 345 g/mol. The van der Waals surface area contributed by atoms with E-state index in [9.17, 15) is 4.79 Å². The van der Waals surface area contributed by atoms with Crippen LogP contribution in [0.4, 0.5) is 0 Å². The molecule has 0 aromatic heterocycles. The number of ether oxygens (including phenoxy) is 2. The summed E-state index contributed by atoms with van der Waals surface area (Å²) in [6, 6.07) is 15.5. The Morgan fingerprint density at radius 2 is 1.67 bits per heavy atom. The smallest absolute Gasteiger partial charge is 0.233 e. The van der Waals surface area contributed by atoms with Crippen molar-refractivity contribution in [2.24, 2.45) is 0 Å². The summed E-state index contributed by atoms with van der Waals surface area (Å²) in [7, 11) is 3.20. The van der Waals surface area contributed by atoms with Crippen molar-refractivity contribution in [3.8, 4) is 11.5 Å². The Labute approximate surface area is 147 Å². The van der Waals surface area contributed by atoms with Crippen molar-refractivity contribution in [3.63, 3.8) is 0 Å². The Bertz CT molecular complexity index is 676. The van der Waals surface area contributed by atoms with Gasteiger partial charge in [0, 0.05) is 4.90 Å². The molecule has 2 aromatic carbocycles. The molecule has 2 atom stereocenters. The predicted octanol–water partition coefficient (Wildman–Crippen LogP) is 4.06. The van der Waals surface area contributed by atoms with Crippen LogP contribution in [0.3, 0.4) is 0 Å². The van der Waals surface area contributed by atoms with Crippen molar-refractivity contribution in [3.05, 3.63) is 54.1 Å². The van der Waals surface area contributed by atoms with Gasteiger partial charge in [0.05, 0.1) is 25.5 Å². The van der Waals surface area contributed by atoms with Gasteiger partial charge in [-0.3, -0.25) is 4.79 Å². The van der Waals surface area contributed by atoms with Crippen LogP contribution in [0.1, 0.15) is 25.5 Å². The molecule has 4 nitrogen and oxygen atoms in total. The van der Waals surface area contributed by atoms with Crippen molar-refractivity contribution in [2.45, 2.75) is 30.0 Å². The Morgan fingerprint density at radius 1 is 1.00 bits per heavy atom. The summed E-state index contributed by atoms with van der Waals surface area (Å²) in [5.41, 5.74) is 0.970. The SMILES string of the molecule is COc1ccc([C@@H](C)NC(=O)[C@@H](C)Sc2ccccc2)cc1OC. The van der Waals surface area contributed by atoms with E-state index in [0.717, 1.165) is 10.5 Å². The number of thioether (sulfide) groups is 1. The van der Waals surface area contributed by atoms with Gasteiger partial charge < -0.3 is 14.8 Å². The van der Waals surface area contributed by atoms with Crippen LogP contribution in [-0.4, -0.2) is 25.4 Å². The standard InChI is InChI=1S/C19H23NO3S/c1-13(15-10-11-17(22-3)18(12-15)23-4)20-19(21)14(2)24-16-8-6-5-7-9-16/h5-14H,1-4H3,(H,20,21)/t13-,14-/m1/s1. The molecule has 0 unspecified atom stereocenters. The fourth-order valence-corrected chi connectivity index (χ4v) is 3.19. The van der Waals surface area contributed by atoms with E-state index in [1.54, 1.807) is 26.0 Å². The predicted molar refractivity (Wildman–Crippen MR) is 97.9 cm³/mol. The van der Waals surface area contributed by atoms with E-state index >= 15 is 0 Å². The molecular weight excluding hydrogens is 322 g/mol. The minimum Gasteiger partial charge on any atom is -0.493 e. The highest BCUT2D eigenvalue weighted by molar-refractivity contribution is 8.00. The van der Waals surface area contributed by atoms with Crippen LogP contribution in [0.2, 0.25) is 0 Å². The highest BCUT2D eigenvalue weighted by Crippen LogP contribution is 2.30.